The van der Waals surface area contributed by atoms with Crippen LogP contribution in [0.2, 0.25) is 5.02 Å². The van der Waals surface area contributed by atoms with E-state index in [0.29, 0.717) is 28.0 Å². The van der Waals surface area contributed by atoms with Gasteiger partial charge < -0.3 is 15.7 Å². The van der Waals surface area contributed by atoms with Crippen LogP contribution in [-0.2, 0) is 4.79 Å². The van der Waals surface area contributed by atoms with Crippen molar-refractivity contribution in [2.75, 3.05) is 5.32 Å². The maximum atomic E-state index is 11.7. The number of benzene rings is 1. The highest BCUT2D eigenvalue weighted by Crippen LogP contribution is 2.35. The molecule has 7 heteroatoms. The molecule has 96 valence electrons. The van der Waals surface area contributed by atoms with Crippen molar-refractivity contribution in [2.24, 2.45) is 0 Å². The fourth-order valence-corrected chi connectivity index (χ4v) is 2.26. The van der Waals surface area contributed by atoms with Crippen LogP contribution in [0.4, 0.5) is 10.5 Å². The molecule has 0 atom stereocenters. The summed E-state index contributed by atoms with van der Waals surface area (Å²) in [5.74, 6) is -1.01. The van der Waals surface area contributed by atoms with E-state index in [-0.39, 0.29) is 0 Å². The molecule has 0 unspecified atom stereocenters. The lowest BCUT2D eigenvalue weighted by molar-refractivity contribution is -0.140. The van der Waals surface area contributed by atoms with E-state index in [1.54, 1.807) is 18.2 Å². The summed E-state index contributed by atoms with van der Waals surface area (Å²) < 4.78 is 0.630. The topological polar surface area (TPSA) is 78.4 Å². The second-order valence-electron chi connectivity index (χ2n) is 4.09. The average Bonchev–Trinajstić information content (AvgIpc) is 3.03. The van der Waals surface area contributed by atoms with Crippen molar-refractivity contribution in [1.82, 2.24) is 5.32 Å². The monoisotopic (exact) mass is 332 g/mol. The molecule has 0 radical (unpaired) electrons. The second kappa shape index (κ2) is 4.78. The second-order valence-corrected chi connectivity index (χ2v) is 5.38. The Morgan fingerprint density at radius 1 is 1.39 bits per heavy atom. The van der Waals surface area contributed by atoms with Crippen molar-refractivity contribution in [2.45, 2.75) is 18.4 Å². The third-order valence-electron chi connectivity index (χ3n) is 2.69. The first kappa shape index (κ1) is 13.2. The number of amides is 2. The predicted molar refractivity (Wildman–Crippen MR) is 70.9 cm³/mol. The molecule has 1 aliphatic carbocycles. The summed E-state index contributed by atoms with van der Waals surface area (Å²) >= 11 is 9.03. The maximum Gasteiger partial charge on any atom is 0.329 e. The third-order valence-corrected chi connectivity index (χ3v) is 3.58. The number of halogens is 2. The first-order valence-corrected chi connectivity index (χ1v) is 6.38. The molecule has 3 N–H and O–H groups in total. The van der Waals surface area contributed by atoms with Gasteiger partial charge in [0.2, 0.25) is 0 Å². The van der Waals surface area contributed by atoms with E-state index in [2.05, 4.69) is 26.6 Å². The molecule has 0 aromatic heterocycles. The normalized spacial score (nSPS) is 15.9. The Hall–Kier alpha value is -1.27. The smallest absolute Gasteiger partial charge is 0.329 e. The highest BCUT2D eigenvalue weighted by Gasteiger charge is 2.51. The SMILES string of the molecule is O=C(Nc1ccc(Cl)cc1Br)NC1(C(=O)O)CC1. The first-order chi connectivity index (χ1) is 8.43. The summed E-state index contributed by atoms with van der Waals surface area (Å²) in [6.45, 7) is 0. The van der Waals surface area contributed by atoms with Crippen molar-refractivity contribution in [3.63, 3.8) is 0 Å². The highest BCUT2D eigenvalue weighted by atomic mass is 79.9. The number of aliphatic carboxylic acids is 1. The number of hydrogen-bond donors (Lipinski definition) is 3. The van der Waals surface area contributed by atoms with Crippen LogP contribution in [0.5, 0.6) is 0 Å². The van der Waals surface area contributed by atoms with Gasteiger partial charge in [-0.2, -0.15) is 0 Å². The number of hydrogen-bond acceptors (Lipinski definition) is 2. The van der Waals surface area contributed by atoms with Crippen LogP contribution < -0.4 is 10.6 Å². The van der Waals surface area contributed by atoms with E-state index in [9.17, 15) is 9.59 Å². The van der Waals surface area contributed by atoms with Crippen molar-refractivity contribution in [3.8, 4) is 0 Å². The van der Waals surface area contributed by atoms with E-state index in [1.165, 1.54) is 0 Å². The standard InChI is InChI=1S/C11H10BrClN2O3/c12-7-5-6(13)1-2-8(7)14-10(18)15-11(3-4-11)9(16)17/h1-2,5H,3-4H2,(H,16,17)(H2,14,15,18). The number of rotatable bonds is 3. The molecule has 2 amide bonds. The van der Waals surface area contributed by atoms with Gasteiger partial charge in [0.1, 0.15) is 5.54 Å². The van der Waals surface area contributed by atoms with E-state index < -0.39 is 17.5 Å². The minimum Gasteiger partial charge on any atom is -0.480 e. The van der Waals surface area contributed by atoms with Crippen LogP contribution >= 0.6 is 27.5 Å². The zero-order valence-electron chi connectivity index (χ0n) is 9.17. The Labute approximate surface area is 117 Å². The van der Waals surface area contributed by atoms with Gasteiger partial charge >= 0.3 is 12.0 Å². The number of carbonyl (C=O) groups excluding carboxylic acids is 1. The lowest BCUT2D eigenvalue weighted by Gasteiger charge is -2.14. The first-order valence-electron chi connectivity index (χ1n) is 5.20. The maximum absolute atomic E-state index is 11.7. The van der Waals surface area contributed by atoms with Crippen molar-refractivity contribution >= 4 is 45.2 Å². The van der Waals surface area contributed by atoms with Crippen molar-refractivity contribution in [3.05, 3.63) is 27.7 Å². The molecular weight excluding hydrogens is 323 g/mol. The quantitative estimate of drug-likeness (QED) is 0.796. The van der Waals surface area contributed by atoms with Gasteiger partial charge in [0.25, 0.3) is 0 Å². The molecule has 0 spiro atoms. The van der Waals surface area contributed by atoms with Gasteiger partial charge in [-0.1, -0.05) is 11.6 Å². The predicted octanol–water partition coefficient (Wildman–Crippen LogP) is 2.84. The summed E-state index contributed by atoms with van der Waals surface area (Å²) in [4.78, 5) is 22.6. The summed E-state index contributed by atoms with van der Waals surface area (Å²) in [5.41, 5.74) is -0.568. The molecule has 1 saturated carbocycles. The van der Waals surface area contributed by atoms with Crippen LogP contribution in [0.15, 0.2) is 22.7 Å². The average molecular weight is 334 g/mol. The summed E-state index contributed by atoms with van der Waals surface area (Å²) in [5, 5.41) is 14.5. The Morgan fingerprint density at radius 2 is 2.06 bits per heavy atom. The molecule has 0 heterocycles. The highest BCUT2D eigenvalue weighted by molar-refractivity contribution is 9.10. The molecule has 0 bridgehead atoms. The van der Waals surface area contributed by atoms with Crippen molar-refractivity contribution < 1.29 is 14.7 Å². The molecule has 18 heavy (non-hydrogen) atoms. The fraction of sp³-hybridized carbons (Fsp3) is 0.273. The number of carboxylic acid groups (broad SMARTS) is 1. The fourth-order valence-electron chi connectivity index (χ4n) is 1.48. The lowest BCUT2D eigenvalue weighted by atomic mass is 10.3. The largest absolute Gasteiger partial charge is 0.480 e. The van der Waals surface area contributed by atoms with E-state index in [0.717, 1.165) is 0 Å². The number of anilines is 1. The minimum atomic E-state index is -1.09. The van der Waals surface area contributed by atoms with Gasteiger partial charge in [0.15, 0.2) is 0 Å². The number of carboxylic acids is 1. The van der Waals surface area contributed by atoms with Gasteiger partial charge in [-0.3, -0.25) is 0 Å². The molecule has 1 aromatic carbocycles. The third kappa shape index (κ3) is 2.76. The molecule has 0 saturated heterocycles. The number of urea groups is 1. The Kier molecular flexibility index (Phi) is 3.49. The summed E-state index contributed by atoms with van der Waals surface area (Å²) in [7, 11) is 0. The van der Waals surface area contributed by atoms with Crippen LogP contribution in [0.1, 0.15) is 12.8 Å². The molecule has 5 nitrogen and oxygen atoms in total. The zero-order valence-corrected chi connectivity index (χ0v) is 11.5. The molecule has 1 aliphatic rings. The van der Waals surface area contributed by atoms with Crippen LogP contribution in [0.3, 0.4) is 0 Å². The molecule has 0 aliphatic heterocycles. The van der Waals surface area contributed by atoms with Gasteiger partial charge in [0.05, 0.1) is 5.69 Å². The summed E-state index contributed by atoms with van der Waals surface area (Å²) in [6, 6.07) is 4.36. The van der Waals surface area contributed by atoms with E-state index in [4.69, 9.17) is 16.7 Å². The van der Waals surface area contributed by atoms with E-state index >= 15 is 0 Å². The molecule has 1 aromatic rings. The Balaban J connectivity index is 2.02. The Morgan fingerprint density at radius 3 is 2.56 bits per heavy atom. The van der Waals surface area contributed by atoms with Gasteiger partial charge in [-0.05, 0) is 47.0 Å². The minimum absolute atomic E-state index is 0.456. The zero-order chi connectivity index (χ0) is 13.3. The van der Waals surface area contributed by atoms with Gasteiger partial charge in [0, 0.05) is 9.50 Å². The van der Waals surface area contributed by atoms with Crippen molar-refractivity contribution in [1.29, 1.82) is 0 Å². The van der Waals surface area contributed by atoms with Gasteiger partial charge in [-0.25, -0.2) is 9.59 Å². The molecule has 2 rings (SSSR count). The van der Waals surface area contributed by atoms with Crippen LogP contribution in [-0.4, -0.2) is 22.6 Å². The molecule has 1 fully saturated rings. The van der Waals surface area contributed by atoms with Crippen LogP contribution in [0.25, 0.3) is 0 Å². The van der Waals surface area contributed by atoms with Gasteiger partial charge in [-0.15, -0.1) is 0 Å². The summed E-state index contributed by atoms with van der Waals surface area (Å²) in [6.07, 6.45) is 0.912. The Bertz CT molecular complexity index is 517. The molecular formula is C11H10BrClN2O3. The number of nitrogens with one attached hydrogen (secondary N) is 2. The van der Waals surface area contributed by atoms with Crippen LogP contribution in [0, 0.1) is 0 Å². The number of carbonyl (C=O) groups is 2. The lowest BCUT2D eigenvalue weighted by Crippen LogP contribution is -2.45. The van der Waals surface area contributed by atoms with E-state index in [1.807, 2.05) is 0 Å².